The van der Waals surface area contributed by atoms with Crippen LogP contribution in [-0.4, -0.2) is 63.6 Å². The first-order valence-corrected chi connectivity index (χ1v) is 18.2. The highest BCUT2D eigenvalue weighted by molar-refractivity contribution is 7.81. The number of carbonyl (C=O) groups is 3. The normalized spacial score (nSPS) is 9.19. The molecule has 0 aromatic heterocycles. The first-order valence-electron chi connectivity index (χ1n) is 14.7. The molecule has 0 aliphatic carbocycles. The molecular weight excluding hydrogens is 727 g/mol. The molecule has 3 aromatic carbocycles. The Morgan fingerprint density at radius 1 is 0.521 bits per heavy atom. The summed E-state index contributed by atoms with van der Waals surface area (Å²) in [5.41, 5.74) is 18.4. The van der Waals surface area contributed by atoms with Crippen LogP contribution < -0.4 is 17.2 Å². The molecule has 15 heteroatoms. The smallest absolute Gasteiger partial charge is 0.335 e. The van der Waals surface area contributed by atoms with E-state index in [1.165, 1.54) is 37.8 Å². The van der Waals surface area contributed by atoms with Crippen LogP contribution in [0.15, 0.2) is 82.6 Å². The summed E-state index contributed by atoms with van der Waals surface area (Å²) in [5.74, 6) is 0.286. The SMILES string of the molecule is NCCCCCCS.NCCS.NCc1ccc(S)cc1.O=C(O)CCS.O=C(O)c1ccc(CS)cc1.O=C(O)c1ccc(S)cc1. The van der Waals surface area contributed by atoms with Crippen LogP contribution in [0.2, 0.25) is 0 Å². The fourth-order valence-electron chi connectivity index (χ4n) is 2.69. The van der Waals surface area contributed by atoms with Crippen molar-refractivity contribution in [2.45, 2.75) is 54.2 Å². The van der Waals surface area contributed by atoms with Gasteiger partial charge in [-0.2, -0.15) is 50.5 Å². The van der Waals surface area contributed by atoms with Crippen LogP contribution in [0.5, 0.6) is 0 Å². The minimum atomic E-state index is -0.909. The maximum atomic E-state index is 10.4. The number of carboxylic acid groups (broad SMARTS) is 3. The molecule has 0 radical (unpaired) electrons. The Morgan fingerprint density at radius 3 is 1.21 bits per heavy atom. The summed E-state index contributed by atoms with van der Waals surface area (Å²) in [6.45, 7) is 2.13. The number of rotatable bonds is 12. The van der Waals surface area contributed by atoms with Crippen LogP contribution in [0.3, 0.4) is 0 Å². The van der Waals surface area contributed by atoms with E-state index in [1.807, 2.05) is 24.3 Å². The second-order valence-electron chi connectivity index (χ2n) is 9.19. The Kier molecular flexibility index (Phi) is 38.2. The molecule has 0 saturated carbocycles. The topological polar surface area (TPSA) is 190 Å². The molecule has 0 fully saturated rings. The standard InChI is InChI=1S/C8H8O2S.C7H9NS.C7H6O2S.C6H15NS.C3H6O2S.C2H7NS/c9-8(10)7-3-1-6(5-11)2-4-7;8-5-6-1-3-7(9)4-2-6;8-7(9)5-1-3-6(10)4-2-5;7-5-3-1-2-4-6-8;4-3(5)1-2-6;3-1-2-4/h1-4,11H,5H2,(H,9,10);1-4,9H,5,8H2;1-4,10H,(H,8,9);8H,1-7H2;6H,1-2H2,(H,4,5);4H,1-3H2. The molecule has 270 valence electrons. The average Bonchev–Trinajstić information content (AvgIpc) is 3.08. The van der Waals surface area contributed by atoms with Gasteiger partial charge in [0.2, 0.25) is 0 Å². The lowest BCUT2D eigenvalue weighted by molar-refractivity contribution is -0.136. The number of benzene rings is 3. The van der Waals surface area contributed by atoms with E-state index in [-0.39, 0.29) is 12.0 Å². The van der Waals surface area contributed by atoms with Gasteiger partial charge >= 0.3 is 17.9 Å². The predicted octanol–water partition coefficient (Wildman–Crippen LogP) is 6.62. The molecule has 0 aliphatic rings. The van der Waals surface area contributed by atoms with E-state index >= 15 is 0 Å². The highest BCUT2D eigenvalue weighted by atomic mass is 32.1. The molecule has 0 saturated heterocycles. The van der Waals surface area contributed by atoms with E-state index in [9.17, 15) is 14.4 Å². The van der Waals surface area contributed by atoms with Crippen LogP contribution >= 0.6 is 75.8 Å². The first kappa shape index (κ1) is 50.4. The number of hydrogen-bond donors (Lipinski definition) is 12. The van der Waals surface area contributed by atoms with E-state index < -0.39 is 17.9 Å². The van der Waals surface area contributed by atoms with E-state index in [0.29, 0.717) is 30.2 Å². The third-order valence-corrected chi connectivity index (χ3v) is 7.00. The van der Waals surface area contributed by atoms with Gasteiger partial charge in [0, 0.05) is 40.1 Å². The van der Waals surface area contributed by atoms with Gasteiger partial charge in [-0.3, -0.25) is 4.79 Å². The molecule has 3 rings (SSSR count). The lowest BCUT2D eigenvalue weighted by Crippen LogP contribution is -1.97. The Labute approximate surface area is 318 Å². The highest BCUT2D eigenvalue weighted by Crippen LogP contribution is 2.08. The molecule has 0 spiro atoms. The summed E-state index contributed by atoms with van der Waals surface area (Å²) in [4.78, 5) is 32.0. The van der Waals surface area contributed by atoms with Gasteiger partial charge in [0.15, 0.2) is 0 Å². The third-order valence-electron chi connectivity index (χ3n) is 5.24. The van der Waals surface area contributed by atoms with Gasteiger partial charge in [0.05, 0.1) is 17.5 Å². The molecule has 9 N–H and O–H groups in total. The van der Waals surface area contributed by atoms with E-state index in [1.54, 1.807) is 36.4 Å². The Morgan fingerprint density at radius 2 is 0.917 bits per heavy atom. The Hall–Kier alpha value is -1.95. The summed E-state index contributed by atoms with van der Waals surface area (Å²) in [5, 5.41) is 24.8. The molecule has 0 atom stereocenters. The summed E-state index contributed by atoms with van der Waals surface area (Å²) in [6, 6.07) is 20.8. The Balaban J connectivity index is -0.000000519. The largest absolute Gasteiger partial charge is 0.481 e. The number of hydrogen-bond acceptors (Lipinski definition) is 12. The molecule has 0 heterocycles. The fraction of sp³-hybridized carbons (Fsp3) is 0.364. The second kappa shape index (κ2) is 36.3. The summed E-state index contributed by atoms with van der Waals surface area (Å²) in [7, 11) is 0. The maximum absolute atomic E-state index is 10.4. The zero-order valence-corrected chi connectivity index (χ0v) is 32.3. The maximum Gasteiger partial charge on any atom is 0.335 e. The van der Waals surface area contributed by atoms with Crippen LogP contribution in [0.25, 0.3) is 0 Å². The summed E-state index contributed by atoms with van der Waals surface area (Å²) < 4.78 is 0. The first-order chi connectivity index (χ1) is 22.9. The molecule has 3 aromatic rings. The van der Waals surface area contributed by atoms with Crippen molar-refractivity contribution in [3.8, 4) is 0 Å². The van der Waals surface area contributed by atoms with Gasteiger partial charge in [-0.1, -0.05) is 37.1 Å². The van der Waals surface area contributed by atoms with Gasteiger partial charge in [-0.05, 0) is 84.8 Å². The lowest BCUT2D eigenvalue weighted by atomic mass is 10.1. The number of aliphatic carboxylic acids is 1. The number of nitrogens with two attached hydrogens (primary N) is 3. The Bertz CT molecular complexity index is 1200. The van der Waals surface area contributed by atoms with Crippen molar-refractivity contribution in [3.05, 3.63) is 95.1 Å². The zero-order chi connectivity index (χ0) is 37.2. The van der Waals surface area contributed by atoms with E-state index in [2.05, 4.69) is 75.8 Å². The van der Waals surface area contributed by atoms with Gasteiger partial charge < -0.3 is 32.5 Å². The van der Waals surface area contributed by atoms with Gasteiger partial charge in [0.1, 0.15) is 0 Å². The van der Waals surface area contributed by atoms with E-state index in [4.69, 9.17) is 32.5 Å². The van der Waals surface area contributed by atoms with Crippen molar-refractivity contribution in [1.82, 2.24) is 0 Å². The molecular formula is C33H51N3O6S6. The van der Waals surface area contributed by atoms with Crippen LogP contribution in [0.1, 0.15) is 63.9 Å². The fourth-order valence-corrected chi connectivity index (χ4v) is 3.62. The van der Waals surface area contributed by atoms with Gasteiger partial charge in [0.25, 0.3) is 0 Å². The third kappa shape index (κ3) is 33.9. The van der Waals surface area contributed by atoms with Crippen molar-refractivity contribution in [2.75, 3.05) is 30.3 Å². The number of thiol groups is 6. The van der Waals surface area contributed by atoms with Crippen molar-refractivity contribution in [3.63, 3.8) is 0 Å². The highest BCUT2D eigenvalue weighted by Gasteiger charge is 2.00. The number of aromatic carboxylic acids is 2. The second-order valence-corrected chi connectivity index (χ2v) is 11.9. The van der Waals surface area contributed by atoms with Crippen molar-refractivity contribution in [2.24, 2.45) is 17.2 Å². The quantitative estimate of drug-likeness (QED) is 0.0708. The van der Waals surface area contributed by atoms with Crippen LogP contribution in [0.4, 0.5) is 0 Å². The molecule has 48 heavy (non-hydrogen) atoms. The van der Waals surface area contributed by atoms with Gasteiger partial charge in [-0.15, -0.1) is 25.3 Å². The number of carboxylic acids is 3. The molecule has 0 unspecified atom stereocenters. The molecule has 0 aliphatic heterocycles. The molecule has 9 nitrogen and oxygen atoms in total. The van der Waals surface area contributed by atoms with E-state index in [0.717, 1.165) is 39.0 Å². The van der Waals surface area contributed by atoms with Gasteiger partial charge in [-0.25, -0.2) is 9.59 Å². The summed E-state index contributed by atoms with van der Waals surface area (Å²) >= 11 is 23.8. The molecule has 0 bridgehead atoms. The minimum absolute atomic E-state index is 0.156. The van der Waals surface area contributed by atoms with Crippen molar-refractivity contribution in [1.29, 1.82) is 0 Å². The molecule has 0 amide bonds. The average molecular weight is 778 g/mol. The van der Waals surface area contributed by atoms with Crippen molar-refractivity contribution >= 4 is 93.7 Å². The van der Waals surface area contributed by atoms with Crippen LogP contribution in [-0.2, 0) is 17.1 Å². The number of unbranched alkanes of at least 4 members (excludes halogenated alkanes) is 3. The van der Waals surface area contributed by atoms with Crippen LogP contribution in [0, 0.1) is 0 Å². The van der Waals surface area contributed by atoms with Crippen molar-refractivity contribution < 1.29 is 29.7 Å². The zero-order valence-electron chi connectivity index (χ0n) is 26.9. The predicted molar refractivity (Wildman–Crippen MR) is 219 cm³/mol. The minimum Gasteiger partial charge on any atom is -0.481 e. The summed E-state index contributed by atoms with van der Waals surface area (Å²) in [6.07, 6.45) is 5.14. The monoisotopic (exact) mass is 777 g/mol. The lowest BCUT2D eigenvalue weighted by Gasteiger charge is -1.95.